The molecule has 2 N–H and O–H groups in total. The largest absolute Gasteiger partial charge is 0.466 e. The molecule has 0 saturated heterocycles. The smallest absolute Gasteiger partial charge is 0.105 e. The van der Waals surface area contributed by atoms with Crippen molar-refractivity contribution in [3.8, 4) is 0 Å². The maximum absolute atomic E-state index is 10.0. The molecule has 4 heteroatoms. The first-order chi connectivity index (χ1) is 10.1. The second-order valence-electron chi connectivity index (χ2n) is 6.25. The van der Waals surface area contributed by atoms with E-state index in [2.05, 4.69) is 18.3 Å². The third kappa shape index (κ3) is 5.13. The minimum atomic E-state index is -0.456. The van der Waals surface area contributed by atoms with Gasteiger partial charge < -0.3 is 19.6 Å². The average Bonchev–Trinajstić information content (AvgIpc) is 2.82. The van der Waals surface area contributed by atoms with Crippen molar-refractivity contribution in [2.45, 2.75) is 71.1 Å². The van der Waals surface area contributed by atoms with Crippen LogP contribution in [0.25, 0.3) is 0 Å². The molecular weight excluding hydrogens is 266 g/mol. The van der Waals surface area contributed by atoms with E-state index in [4.69, 9.17) is 9.15 Å². The van der Waals surface area contributed by atoms with E-state index in [9.17, 15) is 5.11 Å². The summed E-state index contributed by atoms with van der Waals surface area (Å²) in [5, 5.41) is 13.4. The van der Waals surface area contributed by atoms with Gasteiger partial charge in [0.1, 0.15) is 11.5 Å². The molecule has 1 fully saturated rings. The minimum Gasteiger partial charge on any atom is -0.466 e. The Morgan fingerprint density at radius 1 is 1.33 bits per heavy atom. The quantitative estimate of drug-likeness (QED) is 0.810. The molecule has 0 bridgehead atoms. The molecule has 2 atom stereocenters. The van der Waals surface area contributed by atoms with E-state index >= 15 is 0 Å². The van der Waals surface area contributed by atoms with Crippen LogP contribution in [0, 0.1) is 13.8 Å². The van der Waals surface area contributed by atoms with Gasteiger partial charge in [0.05, 0.1) is 18.8 Å². The molecule has 0 aromatic carbocycles. The molecule has 0 spiro atoms. The van der Waals surface area contributed by atoms with E-state index < -0.39 is 6.10 Å². The maximum Gasteiger partial charge on any atom is 0.105 e. The van der Waals surface area contributed by atoms with Crippen molar-refractivity contribution in [3.05, 3.63) is 23.2 Å². The molecule has 0 radical (unpaired) electrons. The van der Waals surface area contributed by atoms with Gasteiger partial charge in [0.15, 0.2) is 0 Å². The molecule has 2 rings (SSSR count). The first-order valence-electron chi connectivity index (χ1n) is 8.16. The van der Waals surface area contributed by atoms with Crippen molar-refractivity contribution in [3.63, 3.8) is 0 Å². The number of aliphatic hydroxyl groups is 1. The monoisotopic (exact) mass is 295 g/mol. The van der Waals surface area contributed by atoms with Gasteiger partial charge in [-0.15, -0.1) is 0 Å². The molecule has 1 aromatic heterocycles. The van der Waals surface area contributed by atoms with Crippen LogP contribution < -0.4 is 5.32 Å². The van der Waals surface area contributed by atoms with E-state index in [1.807, 2.05) is 13.8 Å². The molecule has 2 unspecified atom stereocenters. The van der Waals surface area contributed by atoms with Gasteiger partial charge in [0.25, 0.3) is 0 Å². The lowest BCUT2D eigenvalue weighted by atomic mass is 9.98. The fourth-order valence-electron chi connectivity index (χ4n) is 3.04. The number of nitrogens with one attached hydrogen (secondary N) is 1. The van der Waals surface area contributed by atoms with Gasteiger partial charge in [-0.05, 0) is 39.7 Å². The number of rotatable bonds is 7. The van der Waals surface area contributed by atoms with Crippen LogP contribution in [0.15, 0.2) is 10.5 Å². The number of aryl methyl sites for hydroxylation is 2. The molecule has 4 nitrogen and oxygen atoms in total. The second kappa shape index (κ2) is 7.97. The van der Waals surface area contributed by atoms with Crippen LogP contribution in [0.3, 0.4) is 0 Å². The Labute approximate surface area is 127 Å². The van der Waals surface area contributed by atoms with Crippen molar-refractivity contribution in [2.24, 2.45) is 0 Å². The van der Waals surface area contributed by atoms with E-state index in [-0.39, 0.29) is 6.04 Å². The van der Waals surface area contributed by atoms with Gasteiger partial charge in [-0.3, -0.25) is 0 Å². The van der Waals surface area contributed by atoms with Crippen LogP contribution in [-0.2, 0) is 4.74 Å². The van der Waals surface area contributed by atoms with Gasteiger partial charge in [0.2, 0.25) is 0 Å². The summed E-state index contributed by atoms with van der Waals surface area (Å²) in [6.45, 7) is 6.98. The van der Waals surface area contributed by atoms with Crippen LogP contribution in [0.5, 0.6) is 0 Å². The molecule has 1 heterocycles. The highest BCUT2D eigenvalue weighted by molar-refractivity contribution is 5.23. The Bertz CT molecular complexity index is 424. The molecular formula is C17H29NO3. The van der Waals surface area contributed by atoms with Gasteiger partial charge in [-0.25, -0.2) is 0 Å². The van der Waals surface area contributed by atoms with Crippen LogP contribution in [0.1, 0.15) is 62.2 Å². The van der Waals surface area contributed by atoms with Gasteiger partial charge in [-0.2, -0.15) is 0 Å². The summed E-state index contributed by atoms with van der Waals surface area (Å²) < 4.78 is 11.3. The van der Waals surface area contributed by atoms with Crippen LogP contribution in [0.2, 0.25) is 0 Å². The SMILES string of the molecule is Cc1cc(C(C)NCC(O)COC2CCCCC2)c(C)o1. The lowest BCUT2D eigenvalue weighted by Gasteiger charge is -2.24. The van der Waals surface area contributed by atoms with Crippen molar-refractivity contribution < 1.29 is 14.3 Å². The van der Waals surface area contributed by atoms with Gasteiger partial charge in [-0.1, -0.05) is 19.3 Å². The predicted octanol–water partition coefficient (Wildman–Crippen LogP) is 3.26. The van der Waals surface area contributed by atoms with E-state index in [0.717, 1.165) is 29.9 Å². The third-order valence-electron chi connectivity index (χ3n) is 4.28. The molecule has 1 aliphatic carbocycles. The highest BCUT2D eigenvalue weighted by Gasteiger charge is 2.17. The Balaban J connectivity index is 1.68. The number of furan rings is 1. The summed E-state index contributed by atoms with van der Waals surface area (Å²) in [6, 6.07) is 2.23. The zero-order chi connectivity index (χ0) is 15.2. The number of hydrogen-bond acceptors (Lipinski definition) is 4. The van der Waals surface area contributed by atoms with Crippen molar-refractivity contribution in [2.75, 3.05) is 13.2 Å². The molecule has 120 valence electrons. The first kappa shape index (κ1) is 16.5. The lowest BCUT2D eigenvalue weighted by Crippen LogP contribution is -2.33. The lowest BCUT2D eigenvalue weighted by molar-refractivity contribution is -0.0235. The predicted molar refractivity (Wildman–Crippen MR) is 83.4 cm³/mol. The summed E-state index contributed by atoms with van der Waals surface area (Å²) in [7, 11) is 0. The van der Waals surface area contributed by atoms with Crippen LogP contribution in [-0.4, -0.2) is 30.5 Å². The Morgan fingerprint density at radius 2 is 2.05 bits per heavy atom. The summed E-state index contributed by atoms with van der Waals surface area (Å²) in [6.07, 6.45) is 6.02. The second-order valence-corrected chi connectivity index (χ2v) is 6.25. The molecule has 0 aliphatic heterocycles. The molecule has 1 aromatic rings. The van der Waals surface area contributed by atoms with Crippen molar-refractivity contribution in [1.82, 2.24) is 5.32 Å². The molecule has 1 saturated carbocycles. The van der Waals surface area contributed by atoms with Crippen LogP contribution >= 0.6 is 0 Å². The molecule has 1 aliphatic rings. The van der Waals surface area contributed by atoms with Crippen molar-refractivity contribution >= 4 is 0 Å². The van der Waals surface area contributed by atoms with Crippen molar-refractivity contribution in [1.29, 1.82) is 0 Å². The van der Waals surface area contributed by atoms with Crippen LogP contribution in [0.4, 0.5) is 0 Å². The number of ether oxygens (including phenoxy) is 1. The maximum atomic E-state index is 10.0. The Kier molecular flexibility index (Phi) is 6.27. The summed E-state index contributed by atoms with van der Waals surface area (Å²) >= 11 is 0. The van der Waals surface area contributed by atoms with Gasteiger partial charge >= 0.3 is 0 Å². The first-order valence-corrected chi connectivity index (χ1v) is 8.16. The third-order valence-corrected chi connectivity index (χ3v) is 4.28. The highest BCUT2D eigenvalue weighted by atomic mass is 16.5. The molecule has 21 heavy (non-hydrogen) atoms. The topological polar surface area (TPSA) is 54.6 Å². The Hall–Kier alpha value is -0.840. The zero-order valence-corrected chi connectivity index (χ0v) is 13.5. The van der Waals surface area contributed by atoms with E-state index in [1.165, 1.54) is 19.3 Å². The van der Waals surface area contributed by atoms with E-state index in [1.54, 1.807) is 0 Å². The summed E-state index contributed by atoms with van der Waals surface area (Å²) in [4.78, 5) is 0. The normalized spacial score (nSPS) is 19.6. The minimum absolute atomic E-state index is 0.173. The summed E-state index contributed by atoms with van der Waals surface area (Å²) in [5.41, 5.74) is 1.16. The van der Waals surface area contributed by atoms with E-state index in [0.29, 0.717) is 19.3 Å². The average molecular weight is 295 g/mol. The zero-order valence-electron chi connectivity index (χ0n) is 13.5. The standard InChI is InChI=1S/C17H29NO3/c1-12-9-17(14(3)21-12)13(2)18-10-15(19)11-20-16-7-5-4-6-8-16/h9,13,15-16,18-19H,4-8,10-11H2,1-3H3. The summed E-state index contributed by atoms with van der Waals surface area (Å²) in [5.74, 6) is 1.87. The highest BCUT2D eigenvalue weighted by Crippen LogP contribution is 2.22. The Morgan fingerprint density at radius 3 is 2.67 bits per heavy atom. The van der Waals surface area contributed by atoms with Gasteiger partial charge in [0, 0.05) is 18.2 Å². The fourth-order valence-corrected chi connectivity index (χ4v) is 3.04. The number of aliphatic hydroxyl groups excluding tert-OH is 1. The fraction of sp³-hybridized carbons (Fsp3) is 0.765. The molecule has 0 amide bonds. The number of hydrogen-bond donors (Lipinski definition) is 2.